The van der Waals surface area contributed by atoms with Crippen LogP contribution in [0.3, 0.4) is 0 Å². The molecule has 1 saturated heterocycles. The van der Waals surface area contributed by atoms with E-state index in [4.69, 9.17) is 5.73 Å². The fraction of sp³-hybridized carbons (Fsp3) is 0.471. The van der Waals surface area contributed by atoms with Gasteiger partial charge in [-0.1, -0.05) is 24.3 Å². The van der Waals surface area contributed by atoms with E-state index < -0.39 is 36.0 Å². The highest BCUT2D eigenvalue weighted by Gasteiger charge is 2.56. The smallest absolute Gasteiger partial charge is 0.327 e. The maximum Gasteiger partial charge on any atom is 0.327 e. The van der Waals surface area contributed by atoms with Gasteiger partial charge in [0.1, 0.15) is 6.04 Å². The molecule has 2 aliphatic heterocycles. The molecule has 2 atom stereocenters. The van der Waals surface area contributed by atoms with Crippen molar-refractivity contribution in [1.29, 1.82) is 0 Å². The number of rotatable bonds is 4. The first-order valence-electron chi connectivity index (χ1n) is 7.91. The topological polar surface area (TPSA) is 104 Å². The quantitative estimate of drug-likeness (QED) is 0.827. The molecule has 0 radical (unpaired) electrons. The zero-order valence-electron chi connectivity index (χ0n) is 13.7. The van der Waals surface area contributed by atoms with Crippen molar-refractivity contribution in [3.63, 3.8) is 0 Å². The Morgan fingerprint density at radius 2 is 1.96 bits per heavy atom. The summed E-state index contributed by atoms with van der Waals surface area (Å²) in [7, 11) is 0. The van der Waals surface area contributed by atoms with Gasteiger partial charge in [0.2, 0.25) is 11.8 Å². The van der Waals surface area contributed by atoms with Crippen molar-refractivity contribution in [2.75, 3.05) is 0 Å². The molecule has 0 spiro atoms. The molecule has 1 aromatic rings. The maximum atomic E-state index is 13.0. The minimum absolute atomic E-state index is 0.261. The summed E-state index contributed by atoms with van der Waals surface area (Å²) in [6, 6.07) is 6.24. The molecule has 0 aliphatic carbocycles. The lowest BCUT2D eigenvalue weighted by atomic mass is 9.94. The highest BCUT2D eigenvalue weighted by Crippen LogP contribution is 2.40. The van der Waals surface area contributed by atoms with Crippen LogP contribution in [0.2, 0.25) is 0 Å². The third-order valence-electron chi connectivity index (χ3n) is 5.05. The Morgan fingerprint density at radius 1 is 1.33 bits per heavy atom. The summed E-state index contributed by atoms with van der Waals surface area (Å²) >= 11 is 0. The summed E-state index contributed by atoms with van der Waals surface area (Å²) in [6.45, 7) is 4.20. The van der Waals surface area contributed by atoms with Crippen molar-refractivity contribution in [1.82, 2.24) is 9.80 Å². The summed E-state index contributed by atoms with van der Waals surface area (Å²) in [5.41, 5.74) is 6.62. The number of nitrogens with zero attached hydrogens (tertiary/aromatic N) is 2. The summed E-state index contributed by atoms with van der Waals surface area (Å²) < 4.78 is 0. The minimum Gasteiger partial charge on any atom is -0.480 e. The number of carbonyl (C=O) groups is 3. The van der Waals surface area contributed by atoms with E-state index in [0.717, 1.165) is 11.1 Å². The van der Waals surface area contributed by atoms with Crippen molar-refractivity contribution < 1.29 is 19.5 Å². The molecule has 3 N–H and O–H groups in total. The summed E-state index contributed by atoms with van der Waals surface area (Å²) in [5.74, 6) is -2.21. The number of benzene rings is 1. The molecule has 1 aromatic carbocycles. The van der Waals surface area contributed by atoms with Crippen molar-refractivity contribution >= 4 is 17.8 Å². The Kier molecular flexibility index (Phi) is 3.83. The number of primary amides is 1. The van der Waals surface area contributed by atoms with Gasteiger partial charge >= 0.3 is 5.97 Å². The average molecular weight is 331 g/mol. The van der Waals surface area contributed by atoms with Gasteiger partial charge in [-0.05, 0) is 31.4 Å². The van der Waals surface area contributed by atoms with Gasteiger partial charge in [-0.3, -0.25) is 14.5 Å². The minimum atomic E-state index is -1.25. The molecule has 0 unspecified atom stereocenters. The van der Waals surface area contributed by atoms with E-state index in [1.165, 1.54) is 4.90 Å². The molecule has 0 bridgehead atoms. The second kappa shape index (κ2) is 5.59. The molecule has 0 saturated carbocycles. The van der Waals surface area contributed by atoms with Crippen molar-refractivity contribution in [3.8, 4) is 0 Å². The first-order chi connectivity index (χ1) is 11.2. The number of fused-ring (bicyclic) bond motifs is 2. The Morgan fingerprint density at radius 3 is 2.54 bits per heavy atom. The molecule has 1 fully saturated rings. The maximum absolute atomic E-state index is 13.0. The van der Waals surface area contributed by atoms with Gasteiger partial charge in [0.15, 0.2) is 0 Å². The molecule has 128 valence electrons. The zero-order valence-corrected chi connectivity index (χ0v) is 13.7. The highest BCUT2D eigenvalue weighted by molar-refractivity contribution is 5.92. The summed E-state index contributed by atoms with van der Waals surface area (Å²) in [5, 5.41) is 9.52. The largest absolute Gasteiger partial charge is 0.480 e. The van der Waals surface area contributed by atoms with Crippen LogP contribution in [-0.2, 0) is 27.3 Å². The Bertz CT molecular complexity index is 716. The van der Waals surface area contributed by atoms with E-state index in [-0.39, 0.29) is 5.91 Å². The zero-order chi connectivity index (χ0) is 17.6. The molecule has 7 nitrogen and oxygen atoms in total. The molecular formula is C17H21N3O4. The number of hydrogen-bond acceptors (Lipinski definition) is 4. The van der Waals surface area contributed by atoms with Gasteiger partial charge in [0.25, 0.3) is 0 Å². The van der Waals surface area contributed by atoms with Crippen LogP contribution in [0.15, 0.2) is 24.3 Å². The van der Waals surface area contributed by atoms with Crippen LogP contribution in [0.1, 0.15) is 31.4 Å². The van der Waals surface area contributed by atoms with E-state index in [2.05, 4.69) is 0 Å². The third-order valence-corrected chi connectivity index (χ3v) is 5.05. The molecule has 3 rings (SSSR count). The van der Waals surface area contributed by atoms with Gasteiger partial charge in [-0.2, -0.15) is 0 Å². The number of nitrogens with two attached hydrogens (primary N) is 1. The normalized spacial score (nSPS) is 23.5. The molecule has 7 heteroatoms. The predicted molar refractivity (Wildman–Crippen MR) is 85.6 cm³/mol. The SMILES string of the molecule is CC1(C)N2Cc3ccccc3C[C@H]2C(=O)N1[C@@H](CC(N)=O)C(=O)O. The van der Waals surface area contributed by atoms with Crippen LogP contribution in [-0.4, -0.2) is 50.4 Å². The van der Waals surface area contributed by atoms with Crippen molar-refractivity contribution in [2.45, 2.75) is 51.0 Å². The molecule has 2 aliphatic rings. The lowest BCUT2D eigenvalue weighted by molar-refractivity contribution is -0.154. The van der Waals surface area contributed by atoms with Gasteiger partial charge < -0.3 is 15.7 Å². The number of carboxylic acids is 1. The predicted octanol–water partition coefficient (Wildman–Crippen LogP) is 0.320. The van der Waals surface area contributed by atoms with Gasteiger partial charge in [-0.15, -0.1) is 0 Å². The number of aliphatic carboxylic acids is 1. The lowest BCUT2D eigenvalue weighted by Crippen LogP contribution is -2.56. The fourth-order valence-corrected chi connectivity index (χ4v) is 3.90. The first kappa shape index (κ1) is 16.4. The van der Waals surface area contributed by atoms with E-state index in [9.17, 15) is 19.5 Å². The Labute approximate surface area is 140 Å². The number of carbonyl (C=O) groups excluding carboxylic acids is 2. The molecule has 24 heavy (non-hydrogen) atoms. The fourth-order valence-electron chi connectivity index (χ4n) is 3.90. The molecule has 0 aromatic heterocycles. The van der Waals surface area contributed by atoms with E-state index in [1.54, 1.807) is 0 Å². The first-order valence-corrected chi connectivity index (χ1v) is 7.91. The van der Waals surface area contributed by atoms with E-state index in [1.807, 2.05) is 43.0 Å². The number of amides is 2. The summed E-state index contributed by atoms with van der Waals surface area (Å²) in [6.07, 6.45) is 0.149. The summed E-state index contributed by atoms with van der Waals surface area (Å²) in [4.78, 5) is 39.2. The van der Waals surface area contributed by atoms with Gasteiger partial charge in [0.05, 0.1) is 18.1 Å². The van der Waals surface area contributed by atoms with Crippen LogP contribution in [0, 0.1) is 0 Å². The van der Waals surface area contributed by atoms with E-state index >= 15 is 0 Å². The number of hydrogen-bond donors (Lipinski definition) is 2. The van der Waals surface area contributed by atoms with E-state index in [0.29, 0.717) is 13.0 Å². The van der Waals surface area contributed by atoms with Crippen molar-refractivity contribution in [3.05, 3.63) is 35.4 Å². The molecule has 2 heterocycles. The lowest BCUT2D eigenvalue weighted by Gasteiger charge is -2.42. The van der Waals surface area contributed by atoms with Gasteiger partial charge in [0, 0.05) is 6.54 Å². The highest BCUT2D eigenvalue weighted by atomic mass is 16.4. The van der Waals surface area contributed by atoms with Crippen LogP contribution < -0.4 is 5.73 Å². The van der Waals surface area contributed by atoms with Crippen molar-refractivity contribution in [2.24, 2.45) is 5.73 Å². The second-order valence-electron chi connectivity index (χ2n) is 6.84. The van der Waals surface area contributed by atoms with Crippen LogP contribution in [0.4, 0.5) is 0 Å². The monoisotopic (exact) mass is 331 g/mol. The second-order valence-corrected chi connectivity index (χ2v) is 6.84. The van der Waals surface area contributed by atoms with Crippen LogP contribution in [0.25, 0.3) is 0 Å². The van der Waals surface area contributed by atoms with Crippen LogP contribution in [0.5, 0.6) is 0 Å². The standard InChI is InChI=1S/C17H21N3O4/c1-17(2)19-9-11-6-4-3-5-10(11)7-12(19)15(22)20(17)13(16(23)24)8-14(18)21/h3-6,12-13H,7-9H2,1-2H3,(H2,18,21)(H,23,24)/t12-,13-/m0/s1. The molecular weight excluding hydrogens is 310 g/mol. The third kappa shape index (κ3) is 2.45. The Hall–Kier alpha value is -2.41. The average Bonchev–Trinajstić information content (AvgIpc) is 2.69. The van der Waals surface area contributed by atoms with Crippen LogP contribution >= 0.6 is 0 Å². The van der Waals surface area contributed by atoms with Gasteiger partial charge in [-0.25, -0.2) is 4.79 Å². The number of carboxylic acid groups (broad SMARTS) is 1. The Balaban J connectivity index is 1.99. The molecule has 2 amide bonds.